The molecule has 0 spiro atoms. The van der Waals surface area contributed by atoms with Crippen molar-refractivity contribution in [2.24, 2.45) is 0 Å². The first-order valence-electron chi connectivity index (χ1n) is 11.0. The Labute approximate surface area is 208 Å². The molecule has 0 atom stereocenters. The molecule has 3 aromatic rings. The fourth-order valence-electron chi connectivity index (χ4n) is 3.10. The Morgan fingerprint density at radius 2 is 1.28 bits per heavy atom. The maximum atomic E-state index is 14.5. The van der Waals surface area contributed by atoms with Crippen LogP contribution in [0.25, 0.3) is 22.3 Å². The van der Waals surface area contributed by atoms with E-state index in [1.807, 2.05) is 24.3 Å². The van der Waals surface area contributed by atoms with E-state index in [0.29, 0.717) is 11.1 Å². The van der Waals surface area contributed by atoms with Crippen molar-refractivity contribution in [3.8, 4) is 28.0 Å². The van der Waals surface area contributed by atoms with Crippen molar-refractivity contribution < 1.29 is 33.0 Å². The molecular formula is C29H25FO6. The highest BCUT2D eigenvalue weighted by Gasteiger charge is 2.13. The Bertz CT molecular complexity index is 1320. The lowest BCUT2D eigenvalue weighted by atomic mass is 9.98. The van der Waals surface area contributed by atoms with Crippen molar-refractivity contribution in [2.45, 2.75) is 13.8 Å². The molecule has 6 nitrogen and oxygen atoms in total. The van der Waals surface area contributed by atoms with Gasteiger partial charge in [0.05, 0.1) is 5.56 Å². The molecule has 0 amide bonds. The third kappa shape index (κ3) is 6.76. The Balaban J connectivity index is 1.67. The van der Waals surface area contributed by atoms with Gasteiger partial charge in [0.15, 0.2) is 11.6 Å². The van der Waals surface area contributed by atoms with Crippen LogP contribution in [-0.4, -0.2) is 31.1 Å². The number of rotatable bonds is 9. The molecule has 0 aliphatic rings. The first-order chi connectivity index (χ1) is 17.2. The normalized spacial score (nSPS) is 10.3. The maximum Gasteiger partial charge on any atom is 0.338 e. The second-order valence-electron chi connectivity index (χ2n) is 8.03. The van der Waals surface area contributed by atoms with Gasteiger partial charge < -0.3 is 14.2 Å². The minimum Gasteiger partial charge on any atom is -0.459 e. The van der Waals surface area contributed by atoms with Crippen LogP contribution in [0.15, 0.2) is 91.0 Å². The lowest BCUT2D eigenvalue weighted by molar-refractivity contribution is -0.140. The van der Waals surface area contributed by atoms with Gasteiger partial charge in [0.25, 0.3) is 0 Å². The van der Waals surface area contributed by atoms with Gasteiger partial charge in [-0.1, -0.05) is 49.6 Å². The molecule has 3 rings (SSSR count). The van der Waals surface area contributed by atoms with Gasteiger partial charge in [-0.15, -0.1) is 0 Å². The molecule has 0 aliphatic carbocycles. The molecule has 3 aromatic carbocycles. The third-order valence-corrected chi connectivity index (χ3v) is 5.03. The van der Waals surface area contributed by atoms with E-state index in [1.54, 1.807) is 30.3 Å². The molecule has 184 valence electrons. The lowest BCUT2D eigenvalue weighted by Crippen LogP contribution is -2.14. The SMILES string of the molecule is C=C(C)C(=O)OCCOC(=O)c1ccc(-c2cccc(-c3ccc(OC(=O)C(=C)C)c(F)c3)c2)cc1. The van der Waals surface area contributed by atoms with Gasteiger partial charge in [0.2, 0.25) is 0 Å². The van der Waals surface area contributed by atoms with Crippen molar-refractivity contribution in [1.29, 1.82) is 0 Å². The minimum atomic E-state index is -0.692. The average molecular weight is 489 g/mol. The van der Waals surface area contributed by atoms with E-state index in [2.05, 4.69) is 13.2 Å². The molecule has 0 aliphatic heterocycles. The molecule has 7 heteroatoms. The first kappa shape index (κ1) is 26.1. The zero-order valence-electron chi connectivity index (χ0n) is 20.0. The number of hydrogen-bond acceptors (Lipinski definition) is 6. The number of benzene rings is 3. The van der Waals surface area contributed by atoms with Crippen LogP contribution in [0.1, 0.15) is 24.2 Å². The van der Waals surface area contributed by atoms with Crippen molar-refractivity contribution in [3.05, 3.63) is 102 Å². The molecule has 0 fully saturated rings. The van der Waals surface area contributed by atoms with Crippen LogP contribution in [0.3, 0.4) is 0 Å². The molecule has 0 heterocycles. The summed E-state index contributed by atoms with van der Waals surface area (Å²) in [7, 11) is 0. The van der Waals surface area contributed by atoms with Crippen LogP contribution in [0, 0.1) is 5.82 Å². The summed E-state index contributed by atoms with van der Waals surface area (Å²) < 4.78 is 29.5. The highest BCUT2D eigenvalue weighted by molar-refractivity contribution is 5.90. The third-order valence-electron chi connectivity index (χ3n) is 5.03. The molecule has 0 bridgehead atoms. The van der Waals surface area contributed by atoms with Crippen LogP contribution >= 0.6 is 0 Å². The predicted octanol–water partition coefficient (Wildman–Crippen LogP) is 5.92. The van der Waals surface area contributed by atoms with E-state index in [9.17, 15) is 18.8 Å². The number of esters is 3. The molecule has 36 heavy (non-hydrogen) atoms. The van der Waals surface area contributed by atoms with Gasteiger partial charge >= 0.3 is 17.9 Å². The molecule has 0 saturated carbocycles. The lowest BCUT2D eigenvalue weighted by Gasteiger charge is -2.10. The maximum absolute atomic E-state index is 14.5. The molecule has 0 saturated heterocycles. The first-order valence-corrected chi connectivity index (χ1v) is 11.0. The molecular weight excluding hydrogens is 463 g/mol. The summed E-state index contributed by atoms with van der Waals surface area (Å²) >= 11 is 0. The molecule has 0 radical (unpaired) electrons. The number of carbonyl (C=O) groups excluding carboxylic acids is 3. The number of carbonyl (C=O) groups is 3. The van der Waals surface area contributed by atoms with E-state index in [4.69, 9.17) is 14.2 Å². The predicted molar refractivity (Wildman–Crippen MR) is 134 cm³/mol. The van der Waals surface area contributed by atoms with Crippen LogP contribution in [0.4, 0.5) is 4.39 Å². The van der Waals surface area contributed by atoms with E-state index >= 15 is 0 Å². The average Bonchev–Trinajstić information content (AvgIpc) is 2.87. The number of ether oxygens (including phenoxy) is 3. The van der Waals surface area contributed by atoms with Crippen LogP contribution in [0.2, 0.25) is 0 Å². The second-order valence-corrected chi connectivity index (χ2v) is 8.03. The standard InChI is InChI=1S/C29H25FO6/c1-18(2)27(31)34-14-15-35-29(33)21-10-8-20(9-11-21)22-6-5-7-23(16-22)24-12-13-26(25(30)17-24)36-28(32)19(3)4/h5-13,16-17H,1,3,14-15H2,2,4H3. The second kappa shape index (κ2) is 11.8. The quantitative estimate of drug-likeness (QED) is 0.161. The van der Waals surface area contributed by atoms with Gasteiger partial charge in [0.1, 0.15) is 13.2 Å². The zero-order chi connectivity index (χ0) is 26.2. The van der Waals surface area contributed by atoms with Crippen LogP contribution < -0.4 is 4.74 Å². The van der Waals surface area contributed by atoms with E-state index in [0.717, 1.165) is 16.7 Å². The summed E-state index contributed by atoms with van der Waals surface area (Å²) in [5.41, 5.74) is 3.87. The van der Waals surface area contributed by atoms with Gasteiger partial charge in [-0.05, 0) is 66.4 Å². The van der Waals surface area contributed by atoms with Gasteiger partial charge in [-0.3, -0.25) is 0 Å². The van der Waals surface area contributed by atoms with Crippen molar-refractivity contribution >= 4 is 17.9 Å². The Hall–Kier alpha value is -4.52. The zero-order valence-corrected chi connectivity index (χ0v) is 20.0. The van der Waals surface area contributed by atoms with E-state index in [-0.39, 0.29) is 30.1 Å². The molecule has 0 unspecified atom stereocenters. The van der Waals surface area contributed by atoms with Crippen LogP contribution in [0.5, 0.6) is 5.75 Å². The summed E-state index contributed by atoms with van der Waals surface area (Å²) in [5.74, 6) is -2.60. The van der Waals surface area contributed by atoms with E-state index in [1.165, 1.54) is 26.0 Å². The van der Waals surface area contributed by atoms with Gasteiger partial charge in [0, 0.05) is 11.1 Å². The minimum absolute atomic E-state index is 0.0553. The smallest absolute Gasteiger partial charge is 0.338 e. The van der Waals surface area contributed by atoms with Crippen molar-refractivity contribution in [1.82, 2.24) is 0 Å². The highest BCUT2D eigenvalue weighted by Crippen LogP contribution is 2.29. The summed E-state index contributed by atoms with van der Waals surface area (Å²) in [6.45, 7) is 9.86. The summed E-state index contributed by atoms with van der Waals surface area (Å²) in [6, 6.07) is 18.6. The largest absolute Gasteiger partial charge is 0.459 e. The Kier molecular flexibility index (Phi) is 8.52. The summed E-state index contributed by atoms with van der Waals surface area (Å²) in [6.07, 6.45) is 0. The van der Waals surface area contributed by atoms with Gasteiger partial charge in [-0.25, -0.2) is 18.8 Å². The number of hydrogen-bond donors (Lipinski definition) is 0. The highest BCUT2D eigenvalue weighted by atomic mass is 19.1. The number of halogens is 1. The van der Waals surface area contributed by atoms with Crippen molar-refractivity contribution in [2.75, 3.05) is 13.2 Å². The van der Waals surface area contributed by atoms with Gasteiger partial charge in [-0.2, -0.15) is 0 Å². The molecule has 0 N–H and O–H groups in total. The Morgan fingerprint density at radius 3 is 1.89 bits per heavy atom. The Morgan fingerprint density at radius 1 is 0.722 bits per heavy atom. The summed E-state index contributed by atoms with van der Waals surface area (Å²) in [4.78, 5) is 35.2. The fraction of sp³-hybridized carbons (Fsp3) is 0.138. The fourth-order valence-corrected chi connectivity index (χ4v) is 3.10. The molecule has 0 aromatic heterocycles. The monoisotopic (exact) mass is 488 g/mol. The topological polar surface area (TPSA) is 78.9 Å². The van der Waals surface area contributed by atoms with Crippen LogP contribution in [-0.2, 0) is 19.1 Å². The van der Waals surface area contributed by atoms with Crippen molar-refractivity contribution in [3.63, 3.8) is 0 Å². The van der Waals surface area contributed by atoms with E-state index < -0.39 is 23.7 Å². The summed E-state index contributed by atoms with van der Waals surface area (Å²) in [5, 5.41) is 0.